The van der Waals surface area contributed by atoms with Gasteiger partial charge in [0.15, 0.2) is 0 Å². The van der Waals surface area contributed by atoms with Gasteiger partial charge < -0.3 is 0 Å². The molecule has 2 aliphatic rings. The van der Waals surface area contributed by atoms with E-state index < -0.39 is 0 Å². The van der Waals surface area contributed by atoms with Crippen molar-refractivity contribution in [2.75, 3.05) is 0 Å². The molecule has 1 atom stereocenters. The Labute approximate surface area is 56.3 Å². The predicted octanol–water partition coefficient (Wildman–Crippen LogP) is 2.67. The molecule has 0 aromatic heterocycles. The van der Waals surface area contributed by atoms with Crippen LogP contribution in [0, 0.1) is 5.92 Å². The fourth-order valence-electron chi connectivity index (χ4n) is 1.72. The molecule has 0 N–H and O–H groups in total. The van der Waals surface area contributed by atoms with Crippen molar-refractivity contribution in [1.29, 1.82) is 0 Å². The van der Waals surface area contributed by atoms with Crippen LogP contribution < -0.4 is 0 Å². The van der Waals surface area contributed by atoms with Crippen molar-refractivity contribution in [3.05, 3.63) is 23.8 Å². The van der Waals surface area contributed by atoms with Gasteiger partial charge in [0, 0.05) is 0 Å². The summed E-state index contributed by atoms with van der Waals surface area (Å²) in [6.45, 7) is 0. The SMILES string of the molecule is C1=C[C@@H]2C=C(CC1)CC2. The van der Waals surface area contributed by atoms with Crippen LogP contribution in [0.2, 0.25) is 0 Å². The maximum atomic E-state index is 2.45. The van der Waals surface area contributed by atoms with Crippen molar-refractivity contribution < 1.29 is 0 Å². The molecule has 2 aliphatic carbocycles. The van der Waals surface area contributed by atoms with Crippen LogP contribution in [0.15, 0.2) is 23.8 Å². The van der Waals surface area contributed by atoms with E-state index in [1.165, 1.54) is 25.7 Å². The number of fused-ring (bicyclic) bond motifs is 1. The summed E-state index contributed by atoms with van der Waals surface area (Å²) in [6, 6.07) is 0. The van der Waals surface area contributed by atoms with Gasteiger partial charge in [-0.25, -0.2) is 0 Å². The highest BCUT2D eigenvalue weighted by molar-refractivity contribution is 5.19. The number of hydrogen-bond acceptors (Lipinski definition) is 0. The topological polar surface area (TPSA) is 0 Å². The van der Waals surface area contributed by atoms with E-state index in [0.717, 1.165) is 5.92 Å². The van der Waals surface area contributed by atoms with Gasteiger partial charge in [0.25, 0.3) is 0 Å². The molecule has 0 radical (unpaired) electrons. The Balaban J connectivity index is 2.22. The van der Waals surface area contributed by atoms with Gasteiger partial charge in [0.1, 0.15) is 0 Å². The lowest BCUT2D eigenvalue weighted by atomic mass is 10.1. The summed E-state index contributed by atoms with van der Waals surface area (Å²) in [5.74, 6) is 0.808. The highest BCUT2D eigenvalue weighted by Crippen LogP contribution is 2.30. The molecule has 0 spiro atoms. The molecule has 0 aliphatic heterocycles. The zero-order valence-corrected chi connectivity index (χ0v) is 5.64. The summed E-state index contributed by atoms with van der Waals surface area (Å²) in [5.41, 5.74) is 1.70. The van der Waals surface area contributed by atoms with E-state index >= 15 is 0 Å². The molecule has 0 saturated carbocycles. The standard InChI is InChI=1S/C9H12/c1-2-4-9-6-5-8(3-1)7-9/h1,3,7-8H,2,4-6H2/t8-/m0/s1. The molecule has 0 nitrogen and oxygen atoms in total. The maximum absolute atomic E-state index is 2.45. The van der Waals surface area contributed by atoms with Gasteiger partial charge in [0.05, 0.1) is 0 Å². The van der Waals surface area contributed by atoms with E-state index in [4.69, 9.17) is 0 Å². The Morgan fingerprint density at radius 3 is 3.33 bits per heavy atom. The first-order valence-electron chi connectivity index (χ1n) is 3.81. The Hall–Kier alpha value is -0.520. The van der Waals surface area contributed by atoms with E-state index in [-0.39, 0.29) is 0 Å². The first-order chi connectivity index (χ1) is 4.45. The third kappa shape index (κ3) is 0.937. The van der Waals surface area contributed by atoms with Crippen molar-refractivity contribution in [3.63, 3.8) is 0 Å². The fraction of sp³-hybridized carbons (Fsp3) is 0.556. The minimum Gasteiger partial charge on any atom is -0.0876 e. The van der Waals surface area contributed by atoms with E-state index in [1.807, 2.05) is 0 Å². The van der Waals surface area contributed by atoms with Gasteiger partial charge in [0.2, 0.25) is 0 Å². The van der Waals surface area contributed by atoms with Crippen LogP contribution >= 0.6 is 0 Å². The molecule has 9 heavy (non-hydrogen) atoms. The monoisotopic (exact) mass is 120 g/mol. The molecular formula is C9H12. The van der Waals surface area contributed by atoms with Crippen molar-refractivity contribution in [3.8, 4) is 0 Å². The molecular weight excluding hydrogens is 108 g/mol. The lowest BCUT2D eigenvalue weighted by Crippen LogP contribution is -1.84. The predicted molar refractivity (Wildman–Crippen MR) is 39.2 cm³/mol. The molecule has 0 amide bonds. The first-order valence-corrected chi connectivity index (χ1v) is 3.81. The minimum absolute atomic E-state index is 0.808. The Kier molecular flexibility index (Phi) is 1.18. The van der Waals surface area contributed by atoms with Gasteiger partial charge in [-0.3, -0.25) is 0 Å². The van der Waals surface area contributed by atoms with E-state index in [9.17, 15) is 0 Å². The van der Waals surface area contributed by atoms with Gasteiger partial charge in [-0.2, -0.15) is 0 Å². The van der Waals surface area contributed by atoms with Crippen LogP contribution in [0.4, 0.5) is 0 Å². The second kappa shape index (κ2) is 2.02. The number of allylic oxidation sites excluding steroid dienone is 4. The third-order valence-corrected chi connectivity index (χ3v) is 2.26. The molecule has 0 fully saturated rings. The average Bonchev–Trinajstić information content (AvgIpc) is 2.09. The van der Waals surface area contributed by atoms with Gasteiger partial charge >= 0.3 is 0 Å². The summed E-state index contributed by atoms with van der Waals surface area (Å²) in [5, 5.41) is 0. The van der Waals surface area contributed by atoms with E-state index in [0.29, 0.717) is 0 Å². The van der Waals surface area contributed by atoms with Crippen LogP contribution in [-0.4, -0.2) is 0 Å². The van der Waals surface area contributed by atoms with Gasteiger partial charge in [-0.05, 0) is 31.6 Å². The van der Waals surface area contributed by atoms with Crippen LogP contribution in [0.1, 0.15) is 25.7 Å². The van der Waals surface area contributed by atoms with Crippen LogP contribution in [-0.2, 0) is 0 Å². The van der Waals surface area contributed by atoms with Crippen molar-refractivity contribution in [2.24, 2.45) is 5.92 Å². The molecule has 0 heterocycles. The largest absolute Gasteiger partial charge is 0.0876 e. The lowest BCUT2D eigenvalue weighted by Gasteiger charge is -1.99. The average molecular weight is 120 g/mol. The lowest BCUT2D eigenvalue weighted by molar-refractivity contribution is 0.739. The molecule has 0 saturated heterocycles. The summed E-state index contributed by atoms with van der Waals surface area (Å²) in [6.07, 6.45) is 12.5. The highest BCUT2D eigenvalue weighted by Gasteiger charge is 2.14. The molecule has 2 rings (SSSR count). The smallest absolute Gasteiger partial charge is 0.00478 e. The van der Waals surface area contributed by atoms with Crippen molar-refractivity contribution in [2.45, 2.75) is 25.7 Å². The summed E-state index contributed by atoms with van der Waals surface area (Å²) in [7, 11) is 0. The zero-order chi connectivity index (χ0) is 6.10. The van der Waals surface area contributed by atoms with Crippen LogP contribution in [0.25, 0.3) is 0 Å². The van der Waals surface area contributed by atoms with Crippen molar-refractivity contribution in [1.82, 2.24) is 0 Å². The normalized spacial score (nSPS) is 32.0. The summed E-state index contributed by atoms with van der Waals surface area (Å²) in [4.78, 5) is 0. The number of hydrogen-bond donors (Lipinski definition) is 0. The zero-order valence-electron chi connectivity index (χ0n) is 5.64. The third-order valence-electron chi connectivity index (χ3n) is 2.26. The molecule has 0 heteroatoms. The van der Waals surface area contributed by atoms with Gasteiger partial charge in [-0.1, -0.05) is 23.8 Å². The Morgan fingerprint density at radius 2 is 2.33 bits per heavy atom. The quantitative estimate of drug-likeness (QED) is 0.431. The Bertz CT molecular complexity index is 163. The second-order valence-electron chi connectivity index (χ2n) is 2.99. The highest BCUT2D eigenvalue weighted by atomic mass is 14.2. The molecule has 0 aromatic rings. The second-order valence-corrected chi connectivity index (χ2v) is 2.99. The minimum atomic E-state index is 0.808. The molecule has 0 unspecified atom stereocenters. The molecule has 0 aromatic carbocycles. The maximum Gasteiger partial charge on any atom is -0.00478 e. The van der Waals surface area contributed by atoms with Crippen LogP contribution in [0.3, 0.4) is 0 Å². The molecule has 2 bridgehead atoms. The Morgan fingerprint density at radius 1 is 1.33 bits per heavy atom. The first kappa shape index (κ1) is 5.28. The summed E-state index contributed by atoms with van der Waals surface area (Å²) >= 11 is 0. The van der Waals surface area contributed by atoms with Gasteiger partial charge in [-0.15, -0.1) is 0 Å². The van der Waals surface area contributed by atoms with Crippen molar-refractivity contribution >= 4 is 0 Å². The fourth-order valence-corrected chi connectivity index (χ4v) is 1.72. The van der Waals surface area contributed by atoms with E-state index in [2.05, 4.69) is 18.2 Å². The van der Waals surface area contributed by atoms with Crippen LogP contribution in [0.5, 0.6) is 0 Å². The van der Waals surface area contributed by atoms with E-state index in [1.54, 1.807) is 5.57 Å². The number of rotatable bonds is 0. The summed E-state index contributed by atoms with van der Waals surface area (Å²) < 4.78 is 0. The molecule has 48 valence electrons.